The van der Waals surface area contributed by atoms with E-state index in [1.807, 2.05) is 29.8 Å². The summed E-state index contributed by atoms with van der Waals surface area (Å²) in [5.41, 5.74) is 0.867. The summed E-state index contributed by atoms with van der Waals surface area (Å²) < 4.78 is 2.03. The van der Waals surface area contributed by atoms with Gasteiger partial charge in [0.25, 0.3) is 0 Å². The second-order valence-electron chi connectivity index (χ2n) is 5.93. The van der Waals surface area contributed by atoms with Crippen LogP contribution in [0.2, 0.25) is 0 Å². The van der Waals surface area contributed by atoms with Crippen LogP contribution < -0.4 is 0 Å². The minimum atomic E-state index is 0.826. The Labute approximate surface area is 141 Å². The van der Waals surface area contributed by atoms with Crippen molar-refractivity contribution in [2.24, 2.45) is 7.05 Å². The quantitative estimate of drug-likeness (QED) is 0.592. The SMILES string of the molecule is CN1CCN(CCCSc2nnc(-c3ccccn3)n2C)CC1. The molecule has 1 saturated heterocycles. The molecule has 3 rings (SSSR count). The summed E-state index contributed by atoms with van der Waals surface area (Å²) in [6.45, 7) is 5.92. The molecule has 1 fully saturated rings. The molecule has 0 radical (unpaired) electrons. The molecule has 0 aromatic carbocycles. The monoisotopic (exact) mass is 332 g/mol. The molecule has 1 aliphatic rings. The molecule has 1 aliphatic heterocycles. The van der Waals surface area contributed by atoms with E-state index >= 15 is 0 Å². The first kappa shape index (κ1) is 16.4. The van der Waals surface area contributed by atoms with Gasteiger partial charge < -0.3 is 14.4 Å². The fraction of sp³-hybridized carbons (Fsp3) is 0.562. The van der Waals surface area contributed by atoms with Crippen molar-refractivity contribution in [1.29, 1.82) is 0 Å². The second kappa shape index (κ2) is 7.90. The largest absolute Gasteiger partial charge is 0.304 e. The Kier molecular flexibility index (Phi) is 5.64. The number of aromatic nitrogens is 4. The van der Waals surface area contributed by atoms with Crippen molar-refractivity contribution >= 4 is 11.8 Å². The molecule has 2 aromatic heterocycles. The fourth-order valence-electron chi connectivity index (χ4n) is 2.68. The highest BCUT2D eigenvalue weighted by Gasteiger charge is 2.14. The minimum absolute atomic E-state index is 0.826. The third-order valence-corrected chi connectivity index (χ3v) is 5.28. The number of hydrogen-bond acceptors (Lipinski definition) is 6. The van der Waals surface area contributed by atoms with Crippen LogP contribution in [0.3, 0.4) is 0 Å². The van der Waals surface area contributed by atoms with Crippen molar-refractivity contribution < 1.29 is 0 Å². The van der Waals surface area contributed by atoms with Crippen LogP contribution in [0, 0.1) is 0 Å². The Bertz CT molecular complexity index is 606. The van der Waals surface area contributed by atoms with Gasteiger partial charge in [-0.2, -0.15) is 0 Å². The van der Waals surface area contributed by atoms with E-state index in [9.17, 15) is 0 Å². The third-order valence-electron chi connectivity index (χ3n) is 4.17. The summed E-state index contributed by atoms with van der Waals surface area (Å²) >= 11 is 1.78. The molecule has 0 amide bonds. The van der Waals surface area contributed by atoms with Crippen LogP contribution in [0.1, 0.15) is 6.42 Å². The second-order valence-corrected chi connectivity index (χ2v) is 6.99. The molecule has 0 saturated carbocycles. The Balaban J connectivity index is 1.47. The van der Waals surface area contributed by atoms with Crippen molar-refractivity contribution in [1.82, 2.24) is 29.5 Å². The molecular formula is C16H24N6S. The van der Waals surface area contributed by atoms with Crippen LogP contribution in [0.15, 0.2) is 29.6 Å². The number of thioether (sulfide) groups is 1. The van der Waals surface area contributed by atoms with E-state index in [1.165, 1.54) is 39.1 Å². The first-order valence-electron chi connectivity index (χ1n) is 8.08. The van der Waals surface area contributed by atoms with Crippen LogP contribution in [0.25, 0.3) is 11.5 Å². The van der Waals surface area contributed by atoms with Gasteiger partial charge in [-0.25, -0.2) is 0 Å². The first-order valence-corrected chi connectivity index (χ1v) is 9.07. The van der Waals surface area contributed by atoms with Crippen molar-refractivity contribution in [3.8, 4) is 11.5 Å². The fourth-order valence-corrected chi connectivity index (χ4v) is 3.52. The lowest BCUT2D eigenvalue weighted by atomic mass is 10.3. The predicted octanol–water partition coefficient (Wildman–Crippen LogP) is 1.61. The van der Waals surface area contributed by atoms with E-state index < -0.39 is 0 Å². The van der Waals surface area contributed by atoms with Crippen molar-refractivity contribution in [3.63, 3.8) is 0 Å². The van der Waals surface area contributed by atoms with E-state index in [4.69, 9.17) is 0 Å². The smallest absolute Gasteiger partial charge is 0.191 e. The highest BCUT2D eigenvalue weighted by atomic mass is 32.2. The molecule has 23 heavy (non-hydrogen) atoms. The van der Waals surface area contributed by atoms with Gasteiger partial charge in [-0.3, -0.25) is 4.98 Å². The van der Waals surface area contributed by atoms with Crippen molar-refractivity contribution in [3.05, 3.63) is 24.4 Å². The van der Waals surface area contributed by atoms with E-state index in [2.05, 4.69) is 32.0 Å². The molecular weight excluding hydrogens is 308 g/mol. The van der Waals surface area contributed by atoms with Gasteiger partial charge in [0.1, 0.15) is 5.69 Å². The van der Waals surface area contributed by atoms with Crippen LogP contribution >= 0.6 is 11.8 Å². The van der Waals surface area contributed by atoms with Gasteiger partial charge in [-0.1, -0.05) is 17.8 Å². The molecule has 0 bridgehead atoms. The molecule has 0 N–H and O–H groups in total. The Morgan fingerprint density at radius 1 is 1.09 bits per heavy atom. The standard InChI is InChI=1S/C16H24N6S/c1-20-9-11-22(12-10-20)8-5-13-23-16-19-18-15(21(16)2)14-6-3-4-7-17-14/h3-4,6-7H,5,8-13H2,1-2H3. The van der Waals surface area contributed by atoms with Crippen LogP contribution in [0.5, 0.6) is 0 Å². The van der Waals surface area contributed by atoms with Gasteiger partial charge in [-0.05, 0) is 32.1 Å². The number of pyridine rings is 1. The zero-order chi connectivity index (χ0) is 16.1. The van der Waals surface area contributed by atoms with Gasteiger partial charge in [0.2, 0.25) is 0 Å². The summed E-state index contributed by atoms with van der Waals surface area (Å²) in [5, 5.41) is 9.54. The average molecular weight is 332 g/mol. The van der Waals surface area contributed by atoms with E-state index in [-0.39, 0.29) is 0 Å². The molecule has 6 nitrogen and oxygen atoms in total. The lowest BCUT2D eigenvalue weighted by Crippen LogP contribution is -2.44. The molecule has 124 valence electrons. The first-order chi connectivity index (χ1) is 11.2. The molecule has 7 heteroatoms. The highest BCUT2D eigenvalue weighted by molar-refractivity contribution is 7.99. The molecule has 2 aromatic rings. The summed E-state index contributed by atoms with van der Waals surface area (Å²) in [6.07, 6.45) is 2.97. The molecule has 0 unspecified atom stereocenters. The third kappa shape index (κ3) is 4.31. The average Bonchev–Trinajstić information content (AvgIpc) is 2.95. The zero-order valence-corrected chi connectivity index (χ0v) is 14.7. The topological polar surface area (TPSA) is 50.1 Å². The van der Waals surface area contributed by atoms with Gasteiger partial charge >= 0.3 is 0 Å². The Hall–Kier alpha value is -1.44. The number of nitrogens with zero attached hydrogens (tertiary/aromatic N) is 6. The molecule has 0 spiro atoms. The van der Waals surface area contributed by atoms with Gasteiger partial charge in [0, 0.05) is 45.2 Å². The molecule has 3 heterocycles. The lowest BCUT2D eigenvalue weighted by molar-refractivity contribution is 0.154. The normalized spacial score (nSPS) is 16.8. The number of hydrogen-bond donors (Lipinski definition) is 0. The van der Waals surface area contributed by atoms with Gasteiger partial charge in [0.15, 0.2) is 11.0 Å². The molecule has 0 atom stereocenters. The maximum atomic E-state index is 4.34. The van der Waals surface area contributed by atoms with E-state index in [0.717, 1.165) is 22.4 Å². The zero-order valence-electron chi connectivity index (χ0n) is 13.9. The number of piperazine rings is 1. The van der Waals surface area contributed by atoms with Crippen LogP contribution in [-0.2, 0) is 7.05 Å². The number of likely N-dealkylation sites (N-methyl/N-ethyl adjacent to an activating group) is 1. The summed E-state index contributed by atoms with van der Waals surface area (Å²) in [6, 6.07) is 5.85. The molecule has 0 aliphatic carbocycles. The minimum Gasteiger partial charge on any atom is -0.304 e. The van der Waals surface area contributed by atoms with Crippen molar-refractivity contribution in [2.75, 3.05) is 45.5 Å². The van der Waals surface area contributed by atoms with E-state index in [1.54, 1.807) is 18.0 Å². The van der Waals surface area contributed by atoms with Gasteiger partial charge in [0.05, 0.1) is 0 Å². The van der Waals surface area contributed by atoms with Crippen molar-refractivity contribution in [2.45, 2.75) is 11.6 Å². The summed E-state index contributed by atoms with van der Waals surface area (Å²) in [4.78, 5) is 9.29. The maximum absolute atomic E-state index is 4.34. The van der Waals surface area contributed by atoms with Crippen LogP contribution in [-0.4, -0.2) is 75.1 Å². The highest BCUT2D eigenvalue weighted by Crippen LogP contribution is 2.21. The predicted molar refractivity (Wildman–Crippen MR) is 93.5 cm³/mol. The Morgan fingerprint density at radius 3 is 2.65 bits per heavy atom. The van der Waals surface area contributed by atoms with Gasteiger partial charge in [-0.15, -0.1) is 10.2 Å². The number of rotatable bonds is 6. The summed E-state index contributed by atoms with van der Waals surface area (Å²) in [5.74, 6) is 1.90. The van der Waals surface area contributed by atoms with Crippen LogP contribution in [0.4, 0.5) is 0 Å². The summed E-state index contributed by atoms with van der Waals surface area (Å²) in [7, 11) is 4.20. The maximum Gasteiger partial charge on any atom is 0.191 e. The Morgan fingerprint density at radius 2 is 1.91 bits per heavy atom. The lowest BCUT2D eigenvalue weighted by Gasteiger charge is -2.32. The van der Waals surface area contributed by atoms with E-state index in [0.29, 0.717) is 0 Å².